The third-order valence-electron chi connectivity index (χ3n) is 4.49. The van der Waals surface area contributed by atoms with Crippen LogP contribution < -0.4 is 10.1 Å². The summed E-state index contributed by atoms with van der Waals surface area (Å²) >= 11 is 0. The predicted octanol–water partition coefficient (Wildman–Crippen LogP) is 2.32. The Hall–Kier alpha value is -1.55. The highest BCUT2D eigenvalue weighted by Crippen LogP contribution is 2.43. The van der Waals surface area contributed by atoms with Gasteiger partial charge in [0.1, 0.15) is 11.9 Å². The van der Waals surface area contributed by atoms with Gasteiger partial charge in [-0.3, -0.25) is 4.79 Å². The monoisotopic (exact) mass is 303 g/mol. The number of fused-ring (bicyclic) bond motifs is 3. The van der Waals surface area contributed by atoms with E-state index in [1.54, 1.807) is 0 Å². The zero-order valence-electron chi connectivity index (χ0n) is 13.6. The number of aliphatic hydroxyl groups excluding tert-OH is 1. The molecule has 3 rings (SSSR count). The maximum atomic E-state index is 12.1. The van der Waals surface area contributed by atoms with Gasteiger partial charge in [0.2, 0.25) is 5.91 Å². The number of ether oxygens (including phenoxy) is 1. The Morgan fingerprint density at radius 1 is 1.41 bits per heavy atom. The van der Waals surface area contributed by atoms with E-state index in [1.807, 2.05) is 20.8 Å². The number of nitrogens with one attached hydrogen (secondary N) is 1. The van der Waals surface area contributed by atoms with Crippen molar-refractivity contribution in [2.75, 3.05) is 6.61 Å². The smallest absolute Gasteiger partial charge is 0.249 e. The highest BCUT2D eigenvalue weighted by Gasteiger charge is 2.32. The van der Waals surface area contributed by atoms with Gasteiger partial charge < -0.3 is 15.2 Å². The van der Waals surface area contributed by atoms with Crippen molar-refractivity contribution < 1.29 is 14.6 Å². The molecule has 1 aliphatic carbocycles. The topological polar surface area (TPSA) is 58.6 Å². The summed E-state index contributed by atoms with van der Waals surface area (Å²) < 4.78 is 5.65. The fourth-order valence-corrected chi connectivity index (χ4v) is 3.62. The van der Waals surface area contributed by atoms with E-state index in [9.17, 15) is 9.90 Å². The Bertz CT molecular complexity index is 589. The van der Waals surface area contributed by atoms with Crippen LogP contribution in [-0.4, -0.2) is 29.3 Å². The number of benzene rings is 1. The fourth-order valence-electron chi connectivity index (χ4n) is 3.62. The van der Waals surface area contributed by atoms with Crippen LogP contribution in [0.2, 0.25) is 0 Å². The Kier molecular flexibility index (Phi) is 3.89. The molecule has 1 aromatic rings. The van der Waals surface area contributed by atoms with Crippen LogP contribution in [0.15, 0.2) is 12.1 Å². The quantitative estimate of drug-likeness (QED) is 0.901. The molecule has 0 radical (unpaired) electrons. The van der Waals surface area contributed by atoms with Gasteiger partial charge in [0.25, 0.3) is 0 Å². The van der Waals surface area contributed by atoms with E-state index < -0.39 is 6.10 Å². The lowest BCUT2D eigenvalue weighted by Gasteiger charge is -2.24. The largest absolute Gasteiger partial charge is 0.493 e. The maximum Gasteiger partial charge on any atom is 0.249 e. The fraction of sp³-hybridized carbons (Fsp3) is 0.611. The summed E-state index contributed by atoms with van der Waals surface area (Å²) in [5.74, 6) is 0.969. The number of carbonyl (C=O) groups is 1. The molecule has 2 atom stereocenters. The summed E-state index contributed by atoms with van der Waals surface area (Å²) in [5, 5.41) is 13.1. The second kappa shape index (κ2) is 5.58. The molecule has 4 nitrogen and oxygen atoms in total. The van der Waals surface area contributed by atoms with Crippen LogP contribution >= 0.6 is 0 Å². The van der Waals surface area contributed by atoms with E-state index in [0.29, 0.717) is 6.42 Å². The SMILES string of the molecule is CC(C)(C)NC(=O)C(O)CC1CCc2ccc3c(c21)CCO3. The van der Waals surface area contributed by atoms with Crippen molar-refractivity contribution in [1.29, 1.82) is 0 Å². The van der Waals surface area contributed by atoms with Crippen molar-refractivity contribution in [3.63, 3.8) is 0 Å². The van der Waals surface area contributed by atoms with Crippen molar-refractivity contribution in [2.45, 2.75) is 64.0 Å². The number of amides is 1. The lowest BCUT2D eigenvalue weighted by molar-refractivity contribution is -0.131. The molecule has 1 heterocycles. The summed E-state index contributed by atoms with van der Waals surface area (Å²) in [6, 6.07) is 4.20. The second-order valence-corrected chi connectivity index (χ2v) is 7.44. The van der Waals surface area contributed by atoms with E-state index in [4.69, 9.17) is 4.74 Å². The molecular formula is C18H25NO3. The van der Waals surface area contributed by atoms with Gasteiger partial charge in [0, 0.05) is 17.5 Å². The first kappa shape index (κ1) is 15.3. The van der Waals surface area contributed by atoms with Crippen molar-refractivity contribution in [3.8, 4) is 5.75 Å². The van der Waals surface area contributed by atoms with Gasteiger partial charge in [-0.15, -0.1) is 0 Å². The van der Waals surface area contributed by atoms with Gasteiger partial charge >= 0.3 is 0 Å². The normalized spacial score (nSPS) is 21.0. The highest BCUT2D eigenvalue weighted by molar-refractivity contribution is 5.81. The first-order valence-electron chi connectivity index (χ1n) is 8.13. The zero-order valence-corrected chi connectivity index (χ0v) is 13.6. The minimum atomic E-state index is -0.951. The molecule has 22 heavy (non-hydrogen) atoms. The zero-order chi connectivity index (χ0) is 15.9. The van der Waals surface area contributed by atoms with E-state index in [1.165, 1.54) is 16.7 Å². The average Bonchev–Trinajstić information content (AvgIpc) is 3.02. The van der Waals surface area contributed by atoms with Crippen LogP contribution in [0.5, 0.6) is 5.75 Å². The molecule has 0 bridgehead atoms. The van der Waals surface area contributed by atoms with Crippen LogP contribution in [0, 0.1) is 0 Å². The molecule has 0 spiro atoms. The minimum Gasteiger partial charge on any atom is -0.493 e. The van der Waals surface area contributed by atoms with Gasteiger partial charge in [-0.1, -0.05) is 6.07 Å². The Balaban J connectivity index is 1.74. The predicted molar refractivity (Wildman–Crippen MR) is 85.2 cm³/mol. The van der Waals surface area contributed by atoms with Crippen LogP contribution in [0.4, 0.5) is 0 Å². The molecule has 4 heteroatoms. The summed E-state index contributed by atoms with van der Waals surface area (Å²) in [6.07, 6.45) is 2.52. The molecule has 120 valence electrons. The lowest BCUT2D eigenvalue weighted by atomic mass is 9.89. The third-order valence-corrected chi connectivity index (χ3v) is 4.49. The van der Waals surface area contributed by atoms with Crippen molar-refractivity contribution in [2.24, 2.45) is 0 Å². The van der Waals surface area contributed by atoms with Crippen LogP contribution in [0.25, 0.3) is 0 Å². The first-order chi connectivity index (χ1) is 10.3. The number of carbonyl (C=O) groups excluding carboxylic acids is 1. The molecule has 1 aliphatic heterocycles. The molecular weight excluding hydrogens is 278 g/mol. The Labute approximate surface area is 131 Å². The van der Waals surface area contributed by atoms with Gasteiger partial charge in [0.15, 0.2) is 0 Å². The number of aryl methyl sites for hydroxylation is 1. The van der Waals surface area contributed by atoms with E-state index in [2.05, 4.69) is 17.4 Å². The van der Waals surface area contributed by atoms with Crippen LogP contribution in [0.3, 0.4) is 0 Å². The van der Waals surface area contributed by atoms with Crippen molar-refractivity contribution >= 4 is 5.91 Å². The third kappa shape index (κ3) is 2.98. The van der Waals surface area contributed by atoms with Gasteiger partial charge in [-0.25, -0.2) is 0 Å². The molecule has 0 aromatic heterocycles. The summed E-state index contributed by atoms with van der Waals surface area (Å²) in [6.45, 7) is 6.51. The Morgan fingerprint density at radius 3 is 2.91 bits per heavy atom. The molecule has 1 aromatic carbocycles. The van der Waals surface area contributed by atoms with E-state index in [-0.39, 0.29) is 17.4 Å². The molecule has 2 unspecified atom stereocenters. The van der Waals surface area contributed by atoms with Crippen LogP contribution in [0.1, 0.15) is 56.2 Å². The molecule has 2 N–H and O–H groups in total. The second-order valence-electron chi connectivity index (χ2n) is 7.44. The number of aliphatic hydroxyl groups is 1. The van der Waals surface area contributed by atoms with Crippen LogP contribution in [-0.2, 0) is 17.6 Å². The molecule has 0 saturated carbocycles. The van der Waals surface area contributed by atoms with E-state index in [0.717, 1.165) is 31.6 Å². The van der Waals surface area contributed by atoms with Gasteiger partial charge in [0.05, 0.1) is 6.61 Å². The lowest BCUT2D eigenvalue weighted by Crippen LogP contribution is -2.46. The first-order valence-corrected chi connectivity index (χ1v) is 8.13. The van der Waals surface area contributed by atoms with Gasteiger partial charge in [-0.05, 0) is 63.1 Å². The minimum absolute atomic E-state index is 0.257. The number of hydrogen-bond acceptors (Lipinski definition) is 3. The average molecular weight is 303 g/mol. The standard InChI is InChI=1S/C18H25NO3/c1-18(2,3)19-17(21)14(20)10-12-5-4-11-6-7-15-13(16(11)12)8-9-22-15/h6-7,12,14,20H,4-5,8-10H2,1-3H3,(H,19,21). The van der Waals surface area contributed by atoms with Gasteiger partial charge in [-0.2, -0.15) is 0 Å². The Morgan fingerprint density at radius 2 is 2.18 bits per heavy atom. The molecule has 0 fully saturated rings. The number of hydrogen-bond donors (Lipinski definition) is 2. The summed E-state index contributed by atoms with van der Waals surface area (Å²) in [5.41, 5.74) is 3.67. The summed E-state index contributed by atoms with van der Waals surface area (Å²) in [7, 11) is 0. The molecule has 2 aliphatic rings. The highest BCUT2D eigenvalue weighted by atomic mass is 16.5. The van der Waals surface area contributed by atoms with Crippen molar-refractivity contribution in [3.05, 3.63) is 28.8 Å². The van der Waals surface area contributed by atoms with E-state index >= 15 is 0 Å². The molecule has 1 amide bonds. The number of rotatable bonds is 3. The summed E-state index contributed by atoms with van der Waals surface area (Å²) in [4.78, 5) is 12.1. The molecule has 0 saturated heterocycles. The van der Waals surface area contributed by atoms with Crippen molar-refractivity contribution in [1.82, 2.24) is 5.32 Å². The maximum absolute atomic E-state index is 12.1.